The third-order valence-electron chi connectivity index (χ3n) is 4.13. The minimum atomic E-state index is -0.444. The molecule has 3 rings (SSSR count). The van der Waals surface area contributed by atoms with Crippen molar-refractivity contribution in [2.45, 2.75) is 32.4 Å². The molecule has 0 bridgehead atoms. The molecule has 2 aromatic carbocycles. The Morgan fingerprint density at radius 1 is 1.13 bits per heavy atom. The summed E-state index contributed by atoms with van der Waals surface area (Å²) in [5, 5.41) is 2.92. The third-order valence-corrected chi connectivity index (χ3v) is 4.13. The molecule has 2 aromatic rings. The van der Waals surface area contributed by atoms with Gasteiger partial charge in [0.2, 0.25) is 5.91 Å². The Morgan fingerprint density at radius 3 is 2.52 bits per heavy atom. The second-order valence-electron chi connectivity index (χ2n) is 5.75. The molecule has 23 heavy (non-hydrogen) atoms. The highest BCUT2D eigenvalue weighted by molar-refractivity contribution is 6.03. The topological polar surface area (TPSA) is 49.4 Å². The zero-order valence-corrected chi connectivity index (χ0v) is 13.2. The number of benzene rings is 2. The van der Waals surface area contributed by atoms with Crippen LogP contribution in [-0.2, 0) is 11.3 Å². The minimum Gasteiger partial charge on any atom is -0.324 e. The monoisotopic (exact) mass is 308 g/mol. The summed E-state index contributed by atoms with van der Waals surface area (Å²) >= 11 is 0. The summed E-state index contributed by atoms with van der Waals surface area (Å²) in [6.07, 6.45) is 1.49. The van der Waals surface area contributed by atoms with Crippen molar-refractivity contribution in [1.29, 1.82) is 0 Å². The van der Waals surface area contributed by atoms with Gasteiger partial charge in [-0.25, -0.2) is 0 Å². The Labute approximate surface area is 136 Å². The number of fused-ring (bicyclic) bond motifs is 1. The molecule has 0 fully saturated rings. The van der Waals surface area contributed by atoms with Crippen LogP contribution < -0.4 is 5.32 Å². The van der Waals surface area contributed by atoms with Crippen molar-refractivity contribution in [1.82, 2.24) is 4.90 Å². The molecule has 0 radical (unpaired) electrons. The number of hydrogen-bond acceptors (Lipinski definition) is 2. The quantitative estimate of drug-likeness (QED) is 0.919. The number of rotatable bonds is 5. The molecule has 4 nitrogen and oxygen atoms in total. The SMILES string of the molecule is CCCC(C(=O)Nc1ccccc1)N1Cc2ccccc2C1=O. The standard InChI is InChI=1S/C19H20N2O2/c1-2-8-17(18(22)20-15-10-4-3-5-11-15)21-13-14-9-6-7-12-16(14)19(21)23/h3-7,9-12,17H,2,8,13H2,1H3,(H,20,22). The maximum absolute atomic E-state index is 12.7. The van der Waals surface area contributed by atoms with Crippen molar-refractivity contribution in [2.75, 3.05) is 5.32 Å². The second-order valence-corrected chi connectivity index (χ2v) is 5.75. The summed E-state index contributed by atoms with van der Waals surface area (Å²) < 4.78 is 0. The molecule has 1 N–H and O–H groups in total. The lowest BCUT2D eigenvalue weighted by molar-refractivity contribution is -0.120. The average Bonchev–Trinajstić information content (AvgIpc) is 2.90. The molecule has 0 spiro atoms. The molecule has 1 aliphatic rings. The molecule has 1 aliphatic heterocycles. The summed E-state index contributed by atoms with van der Waals surface area (Å²) in [6, 6.07) is 16.5. The maximum Gasteiger partial charge on any atom is 0.255 e. The summed E-state index contributed by atoms with van der Waals surface area (Å²) in [7, 11) is 0. The van der Waals surface area contributed by atoms with Crippen LogP contribution in [0.25, 0.3) is 0 Å². The van der Waals surface area contributed by atoms with Crippen LogP contribution in [0.3, 0.4) is 0 Å². The molecule has 4 heteroatoms. The first kappa shape index (κ1) is 15.3. The molecule has 1 heterocycles. The number of anilines is 1. The molecule has 1 unspecified atom stereocenters. The number of amides is 2. The van der Waals surface area contributed by atoms with E-state index in [9.17, 15) is 9.59 Å². The van der Waals surface area contributed by atoms with Crippen molar-refractivity contribution in [3.8, 4) is 0 Å². The lowest BCUT2D eigenvalue weighted by atomic mass is 10.1. The fraction of sp³-hybridized carbons (Fsp3) is 0.263. The van der Waals surface area contributed by atoms with Crippen molar-refractivity contribution < 1.29 is 9.59 Å². The Bertz CT molecular complexity index is 712. The Balaban J connectivity index is 1.80. The summed E-state index contributed by atoms with van der Waals surface area (Å²) in [5.74, 6) is -0.179. The van der Waals surface area contributed by atoms with Gasteiger partial charge < -0.3 is 10.2 Å². The van der Waals surface area contributed by atoms with Crippen molar-refractivity contribution >= 4 is 17.5 Å². The van der Waals surface area contributed by atoms with Gasteiger partial charge in [0.1, 0.15) is 6.04 Å². The van der Waals surface area contributed by atoms with Crippen molar-refractivity contribution in [3.05, 3.63) is 65.7 Å². The van der Waals surface area contributed by atoms with E-state index in [0.29, 0.717) is 18.5 Å². The van der Waals surface area contributed by atoms with E-state index in [1.807, 2.05) is 61.5 Å². The van der Waals surface area contributed by atoms with Gasteiger partial charge in [-0.2, -0.15) is 0 Å². The van der Waals surface area contributed by atoms with Gasteiger partial charge in [0.25, 0.3) is 5.91 Å². The summed E-state index contributed by atoms with van der Waals surface area (Å²) in [6.45, 7) is 2.53. The smallest absolute Gasteiger partial charge is 0.255 e. The molecule has 0 aromatic heterocycles. The van der Waals surface area contributed by atoms with Crippen LogP contribution in [0.5, 0.6) is 0 Å². The Morgan fingerprint density at radius 2 is 1.83 bits per heavy atom. The molecular weight excluding hydrogens is 288 g/mol. The molecule has 1 atom stereocenters. The van der Waals surface area contributed by atoms with E-state index >= 15 is 0 Å². The summed E-state index contributed by atoms with van der Waals surface area (Å²) in [4.78, 5) is 27.0. The van der Waals surface area contributed by atoms with Crippen LogP contribution in [0.2, 0.25) is 0 Å². The highest BCUT2D eigenvalue weighted by atomic mass is 16.2. The van der Waals surface area contributed by atoms with Crippen LogP contribution in [0.1, 0.15) is 35.7 Å². The van der Waals surface area contributed by atoms with E-state index in [2.05, 4.69) is 5.32 Å². The number of para-hydroxylation sites is 1. The van der Waals surface area contributed by atoms with Gasteiger partial charge in [-0.1, -0.05) is 49.7 Å². The number of nitrogens with zero attached hydrogens (tertiary/aromatic N) is 1. The van der Waals surface area contributed by atoms with Gasteiger partial charge in [0, 0.05) is 17.8 Å². The summed E-state index contributed by atoms with van der Waals surface area (Å²) in [5.41, 5.74) is 2.45. The lowest BCUT2D eigenvalue weighted by Crippen LogP contribution is -2.44. The third kappa shape index (κ3) is 3.11. The number of hydrogen-bond donors (Lipinski definition) is 1. The van der Waals surface area contributed by atoms with E-state index in [4.69, 9.17) is 0 Å². The van der Waals surface area contributed by atoms with E-state index in [0.717, 1.165) is 17.7 Å². The van der Waals surface area contributed by atoms with Gasteiger partial charge in [-0.3, -0.25) is 9.59 Å². The first-order valence-electron chi connectivity index (χ1n) is 7.95. The van der Waals surface area contributed by atoms with Gasteiger partial charge in [-0.05, 0) is 30.2 Å². The predicted octanol–water partition coefficient (Wildman–Crippen LogP) is 3.45. The fourth-order valence-electron chi connectivity index (χ4n) is 2.98. The molecule has 0 saturated carbocycles. The maximum atomic E-state index is 12.7. The largest absolute Gasteiger partial charge is 0.324 e. The Kier molecular flexibility index (Phi) is 4.42. The van der Waals surface area contributed by atoms with Crippen LogP contribution in [-0.4, -0.2) is 22.8 Å². The zero-order valence-electron chi connectivity index (χ0n) is 13.2. The molecule has 0 aliphatic carbocycles. The van der Waals surface area contributed by atoms with E-state index in [1.54, 1.807) is 4.90 Å². The van der Waals surface area contributed by atoms with Crippen LogP contribution in [0.4, 0.5) is 5.69 Å². The van der Waals surface area contributed by atoms with Crippen molar-refractivity contribution in [2.24, 2.45) is 0 Å². The first-order valence-corrected chi connectivity index (χ1v) is 7.95. The number of carbonyl (C=O) groups is 2. The van der Waals surface area contributed by atoms with Gasteiger partial charge in [0.15, 0.2) is 0 Å². The molecule has 118 valence electrons. The zero-order chi connectivity index (χ0) is 16.2. The Hall–Kier alpha value is -2.62. The van der Waals surface area contributed by atoms with Crippen LogP contribution >= 0.6 is 0 Å². The van der Waals surface area contributed by atoms with Gasteiger partial charge >= 0.3 is 0 Å². The normalized spacial score (nSPS) is 14.5. The fourth-order valence-corrected chi connectivity index (χ4v) is 2.98. The van der Waals surface area contributed by atoms with E-state index < -0.39 is 6.04 Å². The highest BCUT2D eigenvalue weighted by Gasteiger charge is 2.35. The average molecular weight is 308 g/mol. The van der Waals surface area contributed by atoms with Gasteiger partial charge in [-0.15, -0.1) is 0 Å². The minimum absolute atomic E-state index is 0.0535. The second kappa shape index (κ2) is 6.65. The number of nitrogens with one attached hydrogen (secondary N) is 1. The van der Waals surface area contributed by atoms with E-state index in [-0.39, 0.29) is 11.8 Å². The number of carbonyl (C=O) groups excluding carboxylic acids is 2. The van der Waals surface area contributed by atoms with E-state index in [1.165, 1.54) is 0 Å². The van der Waals surface area contributed by atoms with Crippen LogP contribution in [0, 0.1) is 0 Å². The highest BCUT2D eigenvalue weighted by Crippen LogP contribution is 2.26. The van der Waals surface area contributed by atoms with Crippen LogP contribution in [0.15, 0.2) is 54.6 Å². The van der Waals surface area contributed by atoms with Gasteiger partial charge in [0.05, 0.1) is 0 Å². The molecule has 2 amide bonds. The predicted molar refractivity (Wildman–Crippen MR) is 90.1 cm³/mol. The van der Waals surface area contributed by atoms with Crippen molar-refractivity contribution in [3.63, 3.8) is 0 Å². The molecular formula is C19H20N2O2. The molecule has 0 saturated heterocycles. The lowest BCUT2D eigenvalue weighted by Gasteiger charge is -2.26. The first-order chi connectivity index (χ1) is 11.2.